The van der Waals surface area contributed by atoms with E-state index in [2.05, 4.69) is 4.90 Å². The molecule has 1 fully saturated rings. The molecule has 0 spiro atoms. The highest BCUT2D eigenvalue weighted by Crippen LogP contribution is 2.31. The summed E-state index contributed by atoms with van der Waals surface area (Å²) in [5, 5.41) is 0. The van der Waals surface area contributed by atoms with E-state index in [4.69, 9.17) is 4.74 Å². The molecule has 3 rings (SSSR count). The van der Waals surface area contributed by atoms with Crippen LogP contribution in [0.1, 0.15) is 10.4 Å². The number of methoxy groups -OCH3 is 1. The fraction of sp³-hybridized carbons (Fsp3) is 0.263. The Morgan fingerprint density at radius 2 is 1.48 bits per heavy atom. The van der Waals surface area contributed by atoms with Gasteiger partial charge in [-0.3, -0.25) is 9.59 Å². The van der Waals surface area contributed by atoms with Gasteiger partial charge < -0.3 is 9.64 Å². The molecule has 23 heavy (non-hydrogen) atoms. The second-order valence-electron chi connectivity index (χ2n) is 5.71. The number of hydrogen-bond donors (Lipinski definition) is 0. The van der Waals surface area contributed by atoms with Crippen LogP contribution in [0.15, 0.2) is 60.7 Å². The van der Waals surface area contributed by atoms with E-state index >= 15 is 0 Å². The summed E-state index contributed by atoms with van der Waals surface area (Å²) in [7, 11) is 1.37. The lowest BCUT2D eigenvalue weighted by molar-refractivity contribution is -0.145. The molecule has 4 heteroatoms. The molecule has 118 valence electrons. The molecular weight excluding hydrogens is 290 g/mol. The first-order valence-electron chi connectivity index (χ1n) is 7.68. The Kier molecular flexibility index (Phi) is 4.42. The third-order valence-corrected chi connectivity index (χ3v) is 4.34. The van der Waals surface area contributed by atoms with E-state index in [-0.39, 0.29) is 17.7 Å². The summed E-state index contributed by atoms with van der Waals surface area (Å²) >= 11 is 0. The van der Waals surface area contributed by atoms with E-state index in [1.54, 1.807) is 12.1 Å². The van der Waals surface area contributed by atoms with Crippen molar-refractivity contribution in [2.45, 2.75) is 0 Å². The average Bonchev–Trinajstić information content (AvgIpc) is 3.07. The Morgan fingerprint density at radius 3 is 2.09 bits per heavy atom. The van der Waals surface area contributed by atoms with Gasteiger partial charge in [0.1, 0.15) is 0 Å². The summed E-state index contributed by atoms with van der Waals surface area (Å²) in [5.41, 5.74) is 1.66. The Morgan fingerprint density at radius 1 is 0.913 bits per heavy atom. The van der Waals surface area contributed by atoms with Crippen molar-refractivity contribution in [3.05, 3.63) is 66.2 Å². The number of rotatable bonds is 4. The maximum absolute atomic E-state index is 12.8. The van der Waals surface area contributed by atoms with Crippen molar-refractivity contribution in [2.24, 2.45) is 11.8 Å². The maximum atomic E-state index is 12.8. The number of carbonyl (C=O) groups excluding carboxylic acids is 2. The van der Waals surface area contributed by atoms with Gasteiger partial charge in [-0.05, 0) is 12.1 Å². The highest BCUT2D eigenvalue weighted by Gasteiger charge is 2.42. The van der Waals surface area contributed by atoms with E-state index in [1.165, 1.54) is 7.11 Å². The summed E-state index contributed by atoms with van der Waals surface area (Å²) in [6.07, 6.45) is 0. The third-order valence-electron chi connectivity index (χ3n) is 4.34. The minimum absolute atomic E-state index is 0.000527. The molecule has 0 saturated carbocycles. The zero-order valence-corrected chi connectivity index (χ0v) is 13.0. The van der Waals surface area contributed by atoms with E-state index in [9.17, 15) is 9.59 Å². The van der Waals surface area contributed by atoms with Gasteiger partial charge in [0, 0.05) is 24.3 Å². The summed E-state index contributed by atoms with van der Waals surface area (Å²) in [4.78, 5) is 27.0. The number of para-hydroxylation sites is 1. The molecule has 0 N–H and O–H groups in total. The highest BCUT2D eigenvalue weighted by molar-refractivity contribution is 6.01. The molecule has 1 heterocycles. The third kappa shape index (κ3) is 3.11. The van der Waals surface area contributed by atoms with Gasteiger partial charge in [0.05, 0.1) is 18.9 Å². The van der Waals surface area contributed by atoms with Gasteiger partial charge in [-0.15, -0.1) is 0 Å². The Balaban J connectivity index is 1.87. The van der Waals surface area contributed by atoms with Crippen LogP contribution in [-0.2, 0) is 9.53 Å². The molecule has 4 nitrogen and oxygen atoms in total. The largest absolute Gasteiger partial charge is 0.469 e. The van der Waals surface area contributed by atoms with Crippen LogP contribution in [0, 0.1) is 11.8 Å². The molecule has 0 radical (unpaired) electrons. The lowest BCUT2D eigenvalue weighted by Crippen LogP contribution is -2.29. The van der Waals surface area contributed by atoms with Crippen LogP contribution in [-0.4, -0.2) is 32.0 Å². The van der Waals surface area contributed by atoms with Crippen molar-refractivity contribution in [3.8, 4) is 0 Å². The molecule has 1 aliphatic heterocycles. The molecule has 1 aliphatic rings. The first kappa shape index (κ1) is 15.3. The van der Waals surface area contributed by atoms with Crippen molar-refractivity contribution < 1.29 is 14.3 Å². The number of ketones is 1. The van der Waals surface area contributed by atoms with Crippen molar-refractivity contribution in [1.82, 2.24) is 0 Å². The van der Waals surface area contributed by atoms with Crippen molar-refractivity contribution >= 4 is 17.4 Å². The lowest BCUT2D eigenvalue weighted by Gasteiger charge is -2.18. The number of Topliss-reactive ketones (excluding diaryl/α,β-unsaturated/α-hetero) is 1. The Labute approximate surface area is 135 Å². The normalized spacial score (nSPS) is 20.3. The first-order valence-corrected chi connectivity index (χ1v) is 7.68. The van der Waals surface area contributed by atoms with E-state index < -0.39 is 5.92 Å². The second-order valence-corrected chi connectivity index (χ2v) is 5.71. The van der Waals surface area contributed by atoms with Gasteiger partial charge in [0.15, 0.2) is 5.78 Å². The van der Waals surface area contributed by atoms with Crippen LogP contribution < -0.4 is 4.90 Å². The van der Waals surface area contributed by atoms with Gasteiger partial charge in [-0.2, -0.15) is 0 Å². The molecule has 1 saturated heterocycles. The molecule has 0 aliphatic carbocycles. The summed E-state index contributed by atoms with van der Waals surface area (Å²) in [6.45, 7) is 1.03. The predicted molar refractivity (Wildman–Crippen MR) is 88.4 cm³/mol. The molecular formula is C19H19NO3. The molecule has 2 aromatic rings. The zero-order chi connectivity index (χ0) is 16.2. The van der Waals surface area contributed by atoms with Crippen LogP contribution in [0.25, 0.3) is 0 Å². The fourth-order valence-corrected chi connectivity index (χ4v) is 3.13. The van der Waals surface area contributed by atoms with Crippen molar-refractivity contribution in [1.29, 1.82) is 0 Å². The number of benzene rings is 2. The summed E-state index contributed by atoms with van der Waals surface area (Å²) in [6, 6.07) is 19.0. The molecule has 2 aromatic carbocycles. The highest BCUT2D eigenvalue weighted by atomic mass is 16.5. The molecule has 0 amide bonds. The first-order chi connectivity index (χ1) is 11.2. The topological polar surface area (TPSA) is 46.6 Å². The quantitative estimate of drug-likeness (QED) is 0.643. The van der Waals surface area contributed by atoms with E-state index in [0.717, 1.165) is 5.69 Å². The predicted octanol–water partition coefficient (Wildman–Crippen LogP) is 2.79. The van der Waals surface area contributed by atoms with Gasteiger partial charge in [-0.25, -0.2) is 0 Å². The summed E-state index contributed by atoms with van der Waals surface area (Å²) in [5.74, 6) is -1.14. The minimum atomic E-state index is -0.437. The second kappa shape index (κ2) is 6.65. The standard InChI is InChI=1S/C19H19NO3/c1-23-19(22)17-13-20(15-10-6-3-7-11-15)12-16(17)18(21)14-8-4-2-5-9-14/h2-11,16-17H,12-13H2,1H3/t16-,17-/m1/s1. The Bertz CT molecular complexity index is 684. The van der Waals surface area contributed by atoms with Gasteiger partial charge >= 0.3 is 5.97 Å². The number of carbonyl (C=O) groups is 2. The summed E-state index contributed by atoms with van der Waals surface area (Å²) < 4.78 is 4.92. The van der Waals surface area contributed by atoms with Crippen molar-refractivity contribution in [2.75, 3.05) is 25.1 Å². The van der Waals surface area contributed by atoms with Crippen LogP contribution in [0.5, 0.6) is 0 Å². The fourth-order valence-electron chi connectivity index (χ4n) is 3.13. The van der Waals surface area contributed by atoms with Crippen LogP contribution in [0.2, 0.25) is 0 Å². The van der Waals surface area contributed by atoms with Crippen LogP contribution >= 0.6 is 0 Å². The monoisotopic (exact) mass is 309 g/mol. The van der Waals surface area contributed by atoms with E-state index in [1.807, 2.05) is 48.5 Å². The number of ether oxygens (including phenoxy) is 1. The number of esters is 1. The van der Waals surface area contributed by atoms with Gasteiger partial charge in [0.25, 0.3) is 0 Å². The number of hydrogen-bond acceptors (Lipinski definition) is 4. The van der Waals surface area contributed by atoms with E-state index in [0.29, 0.717) is 18.7 Å². The lowest BCUT2D eigenvalue weighted by atomic mass is 9.88. The number of nitrogens with zero attached hydrogens (tertiary/aromatic N) is 1. The Hall–Kier alpha value is -2.62. The molecule has 0 unspecified atom stereocenters. The zero-order valence-electron chi connectivity index (χ0n) is 13.0. The molecule has 0 aromatic heterocycles. The van der Waals surface area contributed by atoms with Crippen LogP contribution in [0.3, 0.4) is 0 Å². The van der Waals surface area contributed by atoms with Gasteiger partial charge in [-0.1, -0.05) is 48.5 Å². The maximum Gasteiger partial charge on any atom is 0.311 e. The minimum Gasteiger partial charge on any atom is -0.469 e. The average molecular weight is 309 g/mol. The smallest absolute Gasteiger partial charge is 0.311 e. The number of anilines is 1. The van der Waals surface area contributed by atoms with Crippen LogP contribution in [0.4, 0.5) is 5.69 Å². The molecule has 0 bridgehead atoms. The SMILES string of the molecule is COC(=O)[C@@H]1CN(c2ccccc2)C[C@H]1C(=O)c1ccccc1. The van der Waals surface area contributed by atoms with Gasteiger partial charge in [0.2, 0.25) is 0 Å². The van der Waals surface area contributed by atoms with Crippen molar-refractivity contribution in [3.63, 3.8) is 0 Å². The molecule has 2 atom stereocenters.